The zero-order valence-electron chi connectivity index (χ0n) is 9.32. The molecular weight excluding hydrogens is 216 g/mol. The molecule has 0 aliphatic carbocycles. The maximum absolute atomic E-state index is 11.3. The van der Waals surface area contributed by atoms with Crippen molar-refractivity contribution < 1.29 is 13.2 Å². The van der Waals surface area contributed by atoms with Gasteiger partial charge in [0.1, 0.15) is 0 Å². The van der Waals surface area contributed by atoms with Gasteiger partial charge in [0.25, 0.3) is 0 Å². The summed E-state index contributed by atoms with van der Waals surface area (Å²) in [6, 6.07) is -0.0878. The number of hydrogen-bond donors (Lipinski definition) is 2. The van der Waals surface area contributed by atoms with Gasteiger partial charge < -0.3 is 15.8 Å². The van der Waals surface area contributed by atoms with Gasteiger partial charge >= 0.3 is 0 Å². The maximum atomic E-state index is 11.3. The summed E-state index contributed by atoms with van der Waals surface area (Å²) in [6.07, 6.45) is 0.662. The molecule has 15 heavy (non-hydrogen) atoms. The standard InChI is InChI=1S/C9H20N2O3S/c1-9(3-4-15(12,13)7-9)11-5-8(10)6-14-2/h8,11H,3-7,10H2,1-2H3. The van der Waals surface area contributed by atoms with E-state index in [1.54, 1.807) is 7.11 Å². The Labute approximate surface area is 91.3 Å². The van der Waals surface area contributed by atoms with Crippen molar-refractivity contribution in [2.75, 3.05) is 31.8 Å². The summed E-state index contributed by atoms with van der Waals surface area (Å²) in [6.45, 7) is 2.99. The number of nitrogens with two attached hydrogens (primary N) is 1. The van der Waals surface area contributed by atoms with Gasteiger partial charge in [-0.2, -0.15) is 0 Å². The molecule has 6 heteroatoms. The minimum atomic E-state index is -2.85. The molecule has 5 nitrogen and oxygen atoms in total. The Morgan fingerprint density at radius 3 is 2.73 bits per heavy atom. The van der Waals surface area contributed by atoms with E-state index >= 15 is 0 Å². The summed E-state index contributed by atoms with van der Waals surface area (Å²) < 4.78 is 27.6. The predicted molar refractivity (Wildman–Crippen MR) is 59.5 cm³/mol. The molecule has 1 fully saturated rings. The summed E-state index contributed by atoms with van der Waals surface area (Å²) >= 11 is 0. The summed E-state index contributed by atoms with van der Waals surface area (Å²) in [5.74, 6) is 0.482. The van der Waals surface area contributed by atoms with Gasteiger partial charge in [-0.05, 0) is 13.3 Å². The largest absolute Gasteiger partial charge is 0.383 e. The number of sulfone groups is 1. The van der Waals surface area contributed by atoms with Crippen LogP contribution in [0.5, 0.6) is 0 Å². The van der Waals surface area contributed by atoms with Crippen LogP contribution in [-0.4, -0.2) is 51.8 Å². The summed E-state index contributed by atoms with van der Waals surface area (Å²) in [5, 5.41) is 3.21. The molecule has 0 radical (unpaired) electrons. The second kappa shape index (κ2) is 4.78. The molecule has 0 bridgehead atoms. The van der Waals surface area contributed by atoms with Gasteiger partial charge in [-0.25, -0.2) is 8.42 Å². The van der Waals surface area contributed by atoms with Crippen LogP contribution in [0.15, 0.2) is 0 Å². The van der Waals surface area contributed by atoms with Gasteiger partial charge in [-0.15, -0.1) is 0 Å². The summed E-state index contributed by atoms with van der Waals surface area (Å²) in [7, 11) is -1.25. The number of nitrogens with one attached hydrogen (secondary N) is 1. The smallest absolute Gasteiger partial charge is 0.152 e. The second-order valence-corrected chi connectivity index (χ2v) is 6.68. The van der Waals surface area contributed by atoms with Crippen LogP contribution in [-0.2, 0) is 14.6 Å². The zero-order valence-corrected chi connectivity index (χ0v) is 10.1. The van der Waals surface area contributed by atoms with E-state index in [0.717, 1.165) is 0 Å². The molecule has 1 rings (SSSR count). The van der Waals surface area contributed by atoms with Gasteiger partial charge in [-0.1, -0.05) is 0 Å². The first kappa shape index (κ1) is 12.9. The normalized spacial score (nSPS) is 31.7. The molecular formula is C9H20N2O3S. The highest BCUT2D eigenvalue weighted by Gasteiger charge is 2.37. The highest BCUT2D eigenvalue weighted by atomic mass is 32.2. The molecule has 2 unspecified atom stereocenters. The monoisotopic (exact) mass is 236 g/mol. The molecule has 0 aromatic heterocycles. The summed E-state index contributed by atoms with van der Waals surface area (Å²) in [4.78, 5) is 0. The van der Waals surface area contributed by atoms with Gasteiger partial charge in [-0.3, -0.25) is 0 Å². The van der Waals surface area contributed by atoms with E-state index in [2.05, 4.69) is 5.32 Å². The van der Waals surface area contributed by atoms with Gasteiger partial charge in [0.2, 0.25) is 0 Å². The molecule has 1 heterocycles. The highest BCUT2D eigenvalue weighted by Crippen LogP contribution is 2.22. The topological polar surface area (TPSA) is 81.4 Å². The average Bonchev–Trinajstić information content (AvgIpc) is 2.39. The van der Waals surface area contributed by atoms with Crippen molar-refractivity contribution in [2.45, 2.75) is 24.9 Å². The molecule has 0 aromatic rings. The molecule has 3 N–H and O–H groups in total. The first-order valence-electron chi connectivity index (χ1n) is 5.07. The molecule has 2 atom stereocenters. The van der Waals surface area contributed by atoms with Gasteiger partial charge in [0.15, 0.2) is 9.84 Å². The molecule has 0 amide bonds. The van der Waals surface area contributed by atoms with Gasteiger partial charge in [0, 0.05) is 25.2 Å². The molecule has 1 aliphatic heterocycles. The minimum Gasteiger partial charge on any atom is -0.383 e. The second-order valence-electron chi connectivity index (χ2n) is 4.50. The minimum absolute atomic E-state index is 0.0878. The fourth-order valence-electron chi connectivity index (χ4n) is 1.80. The van der Waals surface area contributed by atoms with E-state index in [1.807, 2.05) is 6.92 Å². The van der Waals surface area contributed by atoms with Crippen LogP contribution in [0, 0.1) is 0 Å². The van der Waals surface area contributed by atoms with Crippen molar-refractivity contribution in [1.82, 2.24) is 5.32 Å². The average molecular weight is 236 g/mol. The Balaban J connectivity index is 2.39. The highest BCUT2D eigenvalue weighted by molar-refractivity contribution is 7.91. The van der Waals surface area contributed by atoms with Crippen molar-refractivity contribution in [3.8, 4) is 0 Å². The van der Waals surface area contributed by atoms with Crippen LogP contribution in [0.3, 0.4) is 0 Å². The van der Waals surface area contributed by atoms with Crippen LogP contribution in [0.4, 0.5) is 0 Å². The van der Waals surface area contributed by atoms with Gasteiger partial charge in [0.05, 0.1) is 18.1 Å². The molecule has 1 aliphatic rings. The molecule has 0 saturated carbocycles. The third-order valence-corrected chi connectivity index (χ3v) is 4.58. The van der Waals surface area contributed by atoms with Crippen LogP contribution in [0.1, 0.15) is 13.3 Å². The summed E-state index contributed by atoms with van der Waals surface area (Å²) in [5.41, 5.74) is 5.44. The lowest BCUT2D eigenvalue weighted by Crippen LogP contribution is -2.49. The Hall–Kier alpha value is -0.170. The number of ether oxygens (including phenoxy) is 1. The zero-order chi connectivity index (χ0) is 11.5. The third kappa shape index (κ3) is 4.06. The first-order valence-corrected chi connectivity index (χ1v) is 6.89. The van der Waals surface area contributed by atoms with Crippen LogP contribution in [0.2, 0.25) is 0 Å². The lowest BCUT2D eigenvalue weighted by Gasteiger charge is -2.25. The number of methoxy groups -OCH3 is 1. The number of hydrogen-bond acceptors (Lipinski definition) is 5. The predicted octanol–water partition coefficient (Wildman–Crippen LogP) is -0.873. The van der Waals surface area contributed by atoms with Crippen molar-refractivity contribution in [1.29, 1.82) is 0 Å². The van der Waals surface area contributed by atoms with E-state index in [9.17, 15) is 8.42 Å². The van der Waals surface area contributed by atoms with Crippen LogP contribution < -0.4 is 11.1 Å². The van der Waals surface area contributed by atoms with E-state index in [4.69, 9.17) is 10.5 Å². The van der Waals surface area contributed by atoms with E-state index in [0.29, 0.717) is 19.6 Å². The fraction of sp³-hybridized carbons (Fsp3) is 1.00. The Morgan fingerprint density at radius 1 is 1.60 bits per heavy atom. The van der Waals surface area contributed by atoms with E-state index < -0.39 is 9.84 Å². The van der Waals surface area contributed by atoms with Crippen LogP contribution >= 0.6 is 0 Å². The van der Waals surface area contributed by atoms with E-state index in [-0.39, 0.29) is 23.1 Å². The molecule has 0 aromatic carbocycles. The fourth-order valence-corrected chi connectivity index (χ4v) is 3.92. The SMILES string of the molecule is COCC(N)CNC1(C)CCS(=O)(=O)C1. The Kier molecular flexibility index (Phi) is 4.11. The van der Waals surface area contributed by atoms with Crippen molar-refractivity contribution in [3.05, 3.63) is 0 Å². The third-order valence-electron chi connectivity index (χ3n) is 2.68. The Morgan fingerprint density at radius 2 is 2.27 bits per heavy atom. The van der Waals surface area contributed by atoms with Crippen LogP contribution in [0.25, 0.3) is 0 Å². The molecule has 1 saturated heterocycles. The van der Waals surface area contributed by atoms with E-state index in [1.165, 1.54) is 0 Å². The van der Waals surface area contributed by atoms with Crippen molar-refractivity contribution in [2.24, 2.45) is 5.73 Å². The van der Waals surface area contributed by atoms with Crippen molar-refractivity contribution in [3.63, 3.8) is 0 Å². The Bertz CT molecular complexity index is 304. The first-order chi connectivity index (χ1) is 6.87. The van der Waals surface area contributed by atoms with Crippen molar-refractivity contribution >= 4 is 9.84 Å². The lowest BCUT2D eigenvalue weighted by molar-refractivity contribution is 0.175. The molecule has 0 spiro atoms. The lowest BCUT2D eigenvalue weighted by atomic mass is 10.0. The number of rotatable bonds is 5. The quantitative estimate of drug-likeness (QED) is 0.648. The molecule has 90 valence electrons. The maximum Gasteiger partial charge on any atom is 0.152 e.